The Morgan fingerprint density at radius 3 is 2.26 bits per heavy atom. The van der Waals surface area contributed by atoms with Gasteiger partial charge in [0.25, 0.3) is 0 Å². The third kappa shape index (κ3) is 12.1. The van der Waals surface area contributed by atoms with Crippen LogP contribution in [0.15, 0.2) is 73.1 Å². The second kappa shape index (κ2) is 17.5. The number of hydrogen-bond acceptors (Lipinski definition) is 6. The van der Waals surface area contributed by atoms with Crippen LogP contribution in [-0.4, -0.2) is 52.4 Å². The minimum absolute atomic E-state index is 0.0168. The lowest BCUT2D eigenvalue weighted by Gasteiger charge is -2.29. The zero-order valence-electron chi connectivity index (χ0n) is 24.6. The summed E-state index contributed by atoms with van der Waals surface area (Å²) in [7, 11) is 1.49. The number of aliphatic hydroxyl groups is 2. The molecule has 216 valence electrons. The molecule has 1 rings (SSSR count). The summed E-state index contributed by atoms with van der Waals surface area (Å²) in [5, 5.41) is 23.6. The van der Waals surface area contributed by atoms with E-state index in [9.17, 15) is 19.8 Å². The SMILES string of the molecule is C=C/C=C\[C@H](C)[C@H](OC(=O)NC)[C@@H](C)C(=O)[C@@H](C)C/C(C)=C\[C@H](C)[C@@H](O)[C@@H](C)/C=C\C(O)Cc1ccncc1. The zero-order chi connectivity index (χ0) is 29.5. The van der Waals surface area contributed by atoms with Crippen LogP contribution < -0.4 is 5.32 Å². The van der Waals surface area contributed by atoms with E-state index in [0.717, 1.165) is 11.1 Å². The van der Waals surface area contributed by atoms with Gasteiger partial charge in [0.05, 0.1) is 18.1 Å². The molecule has 0 saturated heterocycles. The first-order valence-electron chi connectivity index (χ1n) is 13.7. The van der Waals surface area contributed by atoms with Gasteiger partial charge in [0.1, 0.15) is 11.9 Å². The van der Waals surface area contributed by atoms with Gasteiger partial charge in [0.2, 0.25) is 0 Å². The van der Waals surface area contributed by atoms with Crippen molar-refractivity contribution in [3.63, 3.8) is 0 Å². The standard InChI is InChI=1S/C32H48N2O5/c1-9-10-11-23(4)31(39-32(38)33-8)26(7)30(37)25(6)19-21(2)18-24(5)29(36)22(3)12-13-28(35)20-27-14-16-34-17-15-27/h9-18,22-26,28-29,31,35-36H,1,19-20H2,2-8H3,(H,33,38)/b11-10-,13-12-,21-18-/t22-,23-,24-,25-,26-,28?,29-,31-/m0/s1. The topological polar surface area (TPSA) is 109 Å². The first-order chi connectivity index (χ1) is 18.4. The average molecular weight is 541 g/mol. The normalized spacial score (nSPS) is 18.5. The van der Waals surface area contributed by atoms with E-state index >= 15 is 0 Å². The van der Waals surface area contributed by atoms with E-state index in [0.29, 0.717) is 12.8 Å². The molecule has 0 aliphatic heterocycles. The average Bonchev–Trinajstić information content (AvgIpc) is 2.92. The van der Waals surface area contributed by atoms with Crippen molar-refractivity contribution >= 4 is 11.9 Å². The molecule has 0 saturated carbocycles. The Labute approximate surface area is 234 Å². The lowest BCUT2D eigenvalue weighted by molar-refractivity contribution is -0.130. The quantitative estimate of drug-likeness (QED) is 0.190. The Hall–Kier alpha value is -3.03. The van der Waals surface area contributed by atoms with Crippen molar-refractivity contribution in [2.45, 2.75) is 72.7 Å². The number of allylic oxidation sites excluding steroid dienone is 3. The first kappa shape index (κ1) is 34.0. The van der Waals surface area contributed by atoms with Crippen molar-refractivity contribution in [2.24, 2.45) is 29.6 Å². The van der Waals surface area contributed by atoms with Crippen molar-refractivity contribution in [1.29, 1.82) is 0 Å². The number of hydrogen-bond donors (Lipinski definition) is 3. The van der Waals surface area contributed by atoms with E-state index in [1.54, 1.807) is 37.5 Å². The van der Waals surface area contributed by atoms with Crippen molar-refractivity contribution in [3.8, 4) is 0 Å². The summed E-state index contributed by atoms with van der Waals surface area (Å²) < 4.78 is 5.56. The van der Waals surface area contributed by atoms with Gasteiger partial charge < -0.3 is 20.3 Å². The van der Waals surface area contributed by atoms with E-state index in [1.165, 1.54) is 7.05 Å². The Balaban J connectivity index is 2.78. The van der Waals surface area contributed by atoms with Gasteiger partial charge >= 0.3 is 6.09 Å². The van der Waals surface area contributed by atoms with Gasteiger partial charge in [-0.1, -0.05) is 83.2 Å². The predicted molar refractivity (Wildman–Crippen MR) is 157 cm³/mol. The number of alkyl carbamates (subject to hydrolysis) is 1. The third-order valence-electron chi connectivity index (χ3n) is 7.03. The van der Waals surface area contributed by atoms with Crippen LogP contribution in [0.3, 0.4) is 0 Å². The number of ether oxygens (including phenoxy) is 1. The fourth-order valence-electron chi connectivity index (χ4n) is 4.74. The number of pyridine rings is 1. The fraction of sp³-hybridized carbons (Fsp3) is 0.531. The van der Waals surface area contributed by atoms with Crippen LogP contribution in [-0.2, 0) is 16.0 Å². The maximum atomic E-state index is 13.3. The molecule has 7 nitrogen and oxygen atoms in total. The van der Waals surface area contributed by atoms with Crippen LogP contribution in [0.1, 0.15) is 53.5 Å². The molecule has 7 heteroatoms. The van der Waals surface area contributed by atoms with Crippen molar-refractivity contribution in [1.82, 2.24) is 10.3 Å². The first-order valence-corrected chi connectivity index (χ1v) is 13.7. The molecule has 1 unspecified atom stereocenters. The molecule has 0 radical (unpaired) electrons. The third-order valence-corrected chi connectivity index (χ3v) is 7.03. The molecule has 1 amide bonds. The van der Waals surface area contributed by atoms with Crippen LogP contribution in [0.25, 0.3) is 0 Å². The highest BCUT2D eigenvalue weighted by atomic mass is 16.6. The van der Waals surface area contributed by atoms with Crippen LogP contribution in [0.4, 0.5) is 4.79 Å². The molecule has 0 aromatic carbocycles. The Morgan fingerprint density at radius 1 is 1.03 bits per heavy atom. The minimum Gasteiger partial charge on any atom is -0.445 e. The Kier molecular flexibility index (Phi) is 15.3. The number of Topliss-reactive ketones (excluding diaryl/α,β-unsaturated/α-hetero) is 1. The van der Waals surface area contributed by atoms with E-state index in [-0.39, 0.29) is 29.5 Å². The predicted octanol–water partition coefficient (Wildman–Crippen LogP) is 5.45. The number of carbonyl (C=O) groups excluding carboxylic acids is 2. The maximum absolute atomic E-state index is 13.3. The smallest absolute Gasteiger partial charge is 0.407 e. The van der Waals surface area contributed by atoms with E-state index < -0.39 is 30.3 Å². The second-order valence-electron chi connectivity index (χ2n) is 10.6. The number of carbonyl (C=O) groups is 2. The van der Waals surface area contributed by atoms with E-state index in [2.05, 4.69) is 16.9 Å². The van der Waals surface area contributed by atoms with Crippen molar-refractivity contribution < 1.29 is 24.5 Å². The molecular weight excluding hydrogens is 492 g/mol. The van der Waals surface area contributed by atoms with Gasteiger partial charge in [-0.2, -0.15) is 0 Å². The summed E-state index contributed by atoms with van der Waals surface area (Å²) in [6.07, 6.45) is 12.8. The number of nitrogens with one attached hydrogen (secondary N) is 1. The summed E-state index contributed by atoms with van der Waals surface area (Å²) >= 11 is 0. The lowest BCUT2D eigenvalue weighted by atomic mass is 9.82. The van der Waals surface area contributed by atoms with E-state index in [4.69, 9.17) is 4.74 Å². The minimum atomic E-state index is -0.644. The molecule has 8 atom stereocenters. The van der Waals surface area contributed by atoms with Crippen LogP contribution in [0.2, 0.25) is 0 Å². The zero-order valence-corrected chi connectivity index (χ0v) is 24.6. The van der Waals surface area contributed by atoms with Gasteiger partial charge in [-0.05, 0) is 31.0 Å². The van der Waals surface area contributed by atoms with Crippen LogP contribution in [0, 0.1) is 29.6 Å². The molecule has 1 heterocycles. The number of rotatable bonds is 16. The monoisotopic (exact) mass is 540 g/mol. The lowest BCUT2D eigenvalue weighted by Crippen LogP contribution is -2.39. The summed E-state index contributed by atoms with van der Waals surface area (Å²) in [6, 6.07) is 3.74. The highest BCUT2D eigenvalue weighted by Crippen LogP contribution is 2.26. The second-order valence-corrected chi connectivity index (χ2v) is 10.6. The molecule has 0 aliphatic rings. The van der Waals surface area contributed by atoms with Crippen LogP contribution in [0.5, 0.6) is 0 Å². The molecule has 1 aromatic rings. The summed E-state index contributed by atoms with van der Waals surface area (Å²) in [5.41, 5.74) is 2.00. The largest absolute Gasteiger partial charge is 0.445 e. The number of amides is 1. The highest BCUT2D eigenvalue weighted by molar-refractivity contribution is 5.84. The van der Waals surface area contributed by atoms with Gasteiger partial charge in [-0.15, -0.1) is 0 Å². The number of ketones is 1. The number of aromatic nitrogens is 1. The summed E-state index contributed by atoms with van der Waals surface area (Å²) in [6.45, 7) is 15.1. The molecule has 1 aromatic heterocycles. The van der Waals surface area contributed by atoms with Crippen LogP contribution >= 0.6 is 0 Å². The van der Waals surface area contributed by atoms with Gasteiger partial charge in [-0.25, -0.2) is 4.79 Å². The number of nitrogens with zero attached hydrogens (tertiary/aromatic N) is 1. The van der Waals surface area contributed by atoms with Crippen molar-refractivity contribution in [2.75, 3.05) is 7.05 Å². The molecule has 0 aliphatic carbocycles. The fourth-order valence-corrected chi connectivity index (χ4v) is 4.74. The van der Waals surface area contributed by atoms with E-state index in [1.807, 2.05) is 65.0 Å². The molecule has 0 fully saturated rings. The summed E-state index contributed by atoms with van der Waals surface area (Å²) in [4.78, 5) is 29.2. The van der Waals surface area contributed by atoms with Gasteiger partial charge in [-0.3, -0.25) is 9.78 Å². The van der Waals surface area contributed by atoms with Crippen molar-refractivity contribution in [3.05, 3.63) is 78.7 Å². The van der Waals surface area contributed by atoms with Gasteiger partial charge in [0.15, 0.2) is 0 Å². The molecule has 0 spiro atoms. The maximum Gasteiger partial charge on any atom is 0.407 e. The number of aliphatic hydroxyl groups excluding tert-OH is 2. The summed E-state index contributed by atoms with van der Waals surface area (Å²) in [5.74, 6) is -1.24. The highest BCUT2D eigenvalue weighted by Gasteiger charge is 2.33. The Morgan fingerprint density at radius 2 is 1.67 bits per heavy atom. The molecule has 3 N–H and O–H groups in total. The Bertz CT molecular complexity index is 988. The molecule has 39 heavy (non-hydrogen) atoms. The molecule has 0 bridgehead atoms. The molecular formula is C32H48N2O5. The van der Waals surface area contributed by atoms with Gasteiger partial charge in [0, 0.05) is 49.5 Å².